The fraction of sp³-hybridized carbons (Fsp3) is 0.640. The SMILES string of the molecule is C[C@@H]1CN(CC(=O)N2CC3(CCN(C(=O)O)CC3)c3ccc(Cl)cc32)CCN1C(=O)OC(C)(C)C. The molecule has 192 valence electrons. The molecule has 3 amide bonds. The van der Waals surface area contributed by atoms with Crippen LogP contribution in [0.2, 0.25) is 5.02 Å². The second-order valence-electron chi connectivity index (χ2n) is 10.9. The Morgan fingerprint density at radius 1 is 1.14 bits per heavy atom. The third kappa shape index (κ3) is 5.35. The Balaban J connectivity index is 1.44. The number of piperidine rings is 1. The van der Waals surface area contributed by atoms with Gasteiger partial charge < -0.3 is 24.5 Å². The van der Waals surface area contributed by atoms with Crippen LogP contribution < -0.4 is 4.90 Å². The highest BCUT2D eigenvalue weighted by Gasteiger charge is 2.47. The fourth-order valence-electron chi connectivity index (χ4n) is 5.47. The number of carbonyl (C=O) groups is 3. The number of rotatable bonds is 2. The predicted molar refractivity (Wildman–Crippen MR) is 133 cm³/mol. The summed E-state index contributed by atoms with van der Waals surface area (Å²) in [4.78, 5) is 44.5. The number of halogens is 1. The fourth-order valence-corrected chi connectivity index (χ4v) is 5.64. The van der Waals surface area contributed by atoms with Crippen LogP contribution in [-0.2, 0) is 14.9 Å². The minimum absolute atomic E-state index is 0.0102. The van der Waals surface area contributed by atoms with Gasteiger partial charge >= 0.3 is 12.2 Å². The highest BCUT2D eigenvalue weighted by molar-refractivity contribution is 6.31. The van der Waals surface area contributed by atoms with Gasteiger partial charge in [0.1, 0.15) is 5.60 Å². The Bertz CT molecular complexity index is 1000. The first-order valence-corrected chi connectivity index (χ1v) is 12.6. The van der Waals surface area contributed by atoms with E-state index in [1.807, 2.05) is 50.8 Å². The van der Waals surface area contributed by atoms with Crippen molar-refractivity contribution in [2.45, 2.75) is 57.6 Å². The van der Waals surface area contributed by atoms with Gasteiger partial charge in [-0.3, -0.25) is 9.69 Å². The van der Waals surface area contributed by atoms with Crippen LogP contribution in [0.5, 0.6) is 0 Å². The molecule has 0 aliphatic carbocycles. The van der Waals surface area contributed by atoms with Gasteiger partial charge in [0.05, 0.1) is 6.54 Å². The van der Waals surface area contributed by atoms with Crippen molar-refractivity contribution >= 4 is 35.4 Å². The smallest absolute Gasteiger partial charge is 0.410 e. The lowest BCUT2D eigenvalue weighted by atomic mass is 9.74. The summed E-state index contributed by atoms with van der Waals surface area (Å²) in [5, 5.41) is 9.93. The molecule has 1 spiro atoms. The molecular formula is C25H35ClN4O5. The van der Waals surface area contributed by atoms with E-state index in [4.69, 9.17) is 16.3 Å². The van der Waals surface area contributed by atoms with Crippen molar-refractivity contribution in [2.75, 3.05) is 50.7 Å². The second kappa shape index (κ2) is 9.50. The van der Waals surface area contributed by atoms with Crippen LogP contribution in [-0.4, -0.2) is 95.4 Å². The molecule has 4 rings (SSSR count). The molecule has 0 unspecified atom stereocenters. The second-order valence-corrected chi connectivity index (χ2v) is 11.4. The molecule has 1 aromatic rings. The molecule has 3 heterocycles. The van der Waals surface area contributed by atoms with Crippen LogP contribution in [0.15, 0.2) is 18.2 Å². The van der Waals surface area contributed by atoms with Gasteiger partial charge in [-0.2, -0.15) is 0 Å². The quantitative estimate of drug-likeness (QED) is 0.658. The molecule has 0 bridgehead atoms. The van der Waals surface area contributed by atoms with Gasteiger partial charge in [0.15, 0.2) is 0 Å². The number of amides is 3. The molecule has 35 heavy (non-hydrogen) atoms. The van der Waals surface area contributed by atoms with Crippen molar-refractivity contribution in [3.63, 3.8) is 0 Å². The van der Waals surface area contributed by atoms with E-state index in [0.717, 1.165) is 11.3 Å². The normalized spacial score (nSPS) is 22.3. The van der Waals surface area contributed by atoms with Crippen molar-refractivity contribution < 1.29 is 24.2 Å². The van der Waals surface area contributed by atoms with Crippen LogP contribution in [0.25, 0.3) is 0 Å². The summed E-state index contributed by atoms with van der Waals surface area (Å²) >= 11 is 6.30. The Labute approximate surface area is 211 Å². The number of nitrogens with zero attached hydrogens (tertiary/aromatic N) is 4. The standard InChI is InChI=1S/C25H35ClN4O5/c1-17-14-27(11-12-29(17)23(34)35-24(2,3)4)15-21(31)30-16-25(7-9-28(10-8-25)22(32)33)19-6-5-18(26)13-20(19)30/h5-6,13,17H,7-12,14-16H2,1-4H3,(H,32,33)/t17-/m1/s1. The van der Waals surface area contributed by atoms with Gasteiger partial charge in [0.25, 0.3) is 0 Å². The van der Waals surface area contributed by atoms with Crippen LogP contribution in [0.3, 0.4) is 0 Å². The maximum Gasteiger partial charge on any atom is 0.410 e. The predicted octanol–water partition coefficient (Wildman–Crippen LogP) is 3.64. The van der Waals surface area contributed by atoms with E-state index in [-0.39, 0.29) is 30.0 Å². The minimum Gasteiger partial charge on any atom is -0.465 e. The topological polar surface area (TPSA) is 93.6 Å². The first-order chi connectivity index (χ1) is 16.4. The number of benzene rings is 1. The number of anilines is 1. The lowest BCUT2D eigenvalue weighted by Gasteiger charge is -2.40. The van der Waals surface area contributed by atoms with Crippen molar-refractivity contribution in [2.24, 2.45) is 0 Å². The van der Waals surface area contributed by atoms with E-state index in [2.05, 4.69) is 4.90 Å². The lowest BCUT2D eigenvalue weighted by molar-refractivity contribution is -0.120. The number of fused-ring (bicyclic) bond motifs is 2. The molecule has 10 heteroatoms. The van der Waals surface area contributed by atoms with Crippen LogP contribution in [0.4, 0.5) is 15.3 Å². The number of carbonyl (C=O) groups excluding carboxylic acids is 2. The van der Waals surface area contributed by atoms with E-state index >= 15 is 0 Å². The molecule has 2 saturated heterocycles. The molecule has 3 aliphatic heterocycles. The summed E-state index contributed by atoms with van der Waals surface area (Å²) < 4.78 is 5.52. The summed E-state index contributed by atoms with van der Waals surface area (Å²) in [6.45, 7) is 10.9. The summed E-state index contributed by atoms with van der Waals surface area (Å²) in [5.74, 6) is -0.0102. The van der Waals surface area contributed by atoms with Crippen LogP contribution in [0, 0.1) is 0 Å². The zero-order valence-corrected chi connectivity index (χ0v) is 21.7. The van der Waals surface area contributed by atoms with Gasteiger partial charge in [-0.1, -0.05) is 17.7 Å². The molecule has 1 N–H and O–H groups in total. The monoisotopic (exact) mass is 506 g/mol. The molecule has 1 atom stereocenters. The Kier molecular flexibility index (Phi) is 6.94. The largest absolute Gasteiger partial charge is 0.465 e. The molecule has 3 aliphatic rings. The number of hydrogen-bond donors (Lipinski definition) is 1. The minimum atomic E-state index is -0.901. The Hall–Kier alpha value is -2.52. The first-order valence-electron chi connectivity index (χ1n) is 12.2. The Morgan fingerprint density at radius 2 is 1.83 bits per heavy atom. The number of hydrogen-bond acceptors (Lipinski definition) is 5. The van der Waals surface area contributed by atoms with E-state index < -0.39 is 11.7 Å². The number of piperazine rings is 1. The highest BCUT2D eigenvalue weighted by atomic mass is 35.5. The van der Waals surface area contributed by atoms with E-state index in [0.29, 0.717) is 57.1 Å². The molecule has 0 saturated carbocycles. The lowest BCUT2D eigenvalue weighted by Crippen LogP contribution is -2.56. The van der Waals surface area contributed by atoms with Crippen molar-refractivity contribution in [3.8, 4) is 0 Å². The molecule has 2 fully saturated rings. The molecular weight excluding hydrogens is 472 g/mol. The van der Waals surface area contributed by atoms with Gasteiger partial charge in [0.2, 0.25) is 5.91 Å². The summed E-state index contributed by atoms with van der Waals surface area (Å²) in [6, 6.07) is 5.61. The number of carboxylic acid groups (broad SMARTS) is 1. The number of likely N-dealkylation sites (tertiary alicyclic amines) is 1. The molecule has 1 aromatic carbocycles. The van der Waals surface area contributed by atoms with E-state index in [1.54, 1.807) is 4.90 Å². The average molecular weight is 507 g/mol. The summed E-state index contributed by atoms with van der Waals surface area (Å²) in [7, 11) is 0. The average Bonchev–Trinajstić information content (AvgIpc) is 3.06. The van der Waals surface area contributed by atoms with Crippen molar-refractivity contribution in [3.05, 3.63) is 28.8 Å². The molecule has 9 nitrogen and oxygen atoms in total. The molecule has 0 radical (unpaired) electrons. The van der Waals surface area contributed by atoms with Gasteiger partial charge in [-0.25, -0.2) is 9.59 Å². The van der Waals surface area contributed by atoms with Gasteiger partial charge in [0, 0.05) is 61.4 Å². The summed E-state index contributed by atoms with van der Waals surface area (Å²) in [6.07, 6.45) is 0.113. The first kappa shape index (κ1) is 25.6. The maximum atomic E-state index is 13.5. The van der Waals surface area contributed by atoms with E-state index in [1.165, 1.54) is 4.90 Å². The van der Waals surface area contributed by atoms with Gasteiger partial charge in [-0.05, 0) is 58.2 Å². The van der Waals surface area contributed by atoms with Gasteiger partial charge in [-0.15, -0.1) is 0 Å². The Morgan fingerprint density at radius 3 is 2.43 bits per heavy atom. The summed E-state index contributed by atoms with van der Waals surface area (Å²) in [5.41, 5.74) is 1.09. The highest BCUT2D eigenvalue weighted by Crippen LogP contribution is 2.48. The van der Waals surface area contributed by atoms with Crippen LogP contribution >= 0.6 is 11.6 Å². The maximum absolute atomic E-state index is 13.5. The zero-order valence-electron chi connectivity index (χ0n) is 20.9. The third-order valence-electron chi connectivity index (χ3n) is 7.27. The van der Waals surface area contributed by atoms with Crippen molar-refractivity contribution in [1.82, 2.24) is 14.7 Å². The molecule has 0 aromatic heterocycles. The number of ether oxygens (including phenoxy) is 1. The van der Waals surface area contributed by atoms with Crippen LogP contribution in [0.1, 0.15) is 46.1 Å². The third-order valence-corrected chi connectivity index (χ3v) is 7.51. The zero-order chi connectivity index (χ0) is 25.5. The van der Waals surface area contributed by atoms with Crippen molar-refractivity contribution in [1.29, 1.82) is 0 Å². The van der Waals surface area contributed by atoms with E-state index in [9.17, 15) is 19.5 Å².